The third-order valence-corrected chi connectivity index (χ3v) is 9.58. The number of carbonyl (C=O) groups is 3. The Kier molecular flexibility index (Phi) is 9.48. The van der Waals surface area contributed by atoms with Gasteiger partial charge in [0.25, 0.3) is 17.9 Å². The Morgan fingerprint density at radius 3 is 2.71 bits per heavy atom. The number of pyridine rings is 1. The van der Waals surface area contributed by atoms with Gasteiger partial charge in [-0.05, 0) is 43.0 Å². The van der Waals surface area contributed by atoms with Crippen LogP contribution in [-0.2, 0) is 22.7 Å². The summed E-state index contributed by atoms with van der Waals surface area (Å²) in [6.45, 7) is 3.07. The number of carboxylic acid groups (broad SMARTS) is 1. The number of hydrogen-bond acceptors (Lipinski definition) is 8. The second-order valence-corrected chi connectivity index (χ2v) is 12.4. The van der Waals surface area contributed by atoms with E-state index < -0.39 is 0 Å². The highest BCUT2D eigenvalue weighted by Gasteiger charge is 2.36. The second kappa shape index (κ2) is 13.4. The first-order valence-corrected chi connectivity index (χ1v) is 15.2. The molecule has 0 spiro atoms. The molecule has 12 nitrogen and oxygen atoms in total. The number of thiophene rings is 1. The van der Waals surface area contributed by atoms with E-state index in [9.17, 15) is 14.4 Å². The predicted octanol–water partition coefficient (Wildman–Crippen LogP) is 2.17. The minimum Gasteiger partial charge on any atom is -0.483 e. The van der Waals surface area contributed by atoms with Gasteiger partial charge in [0.1, 0.15) is 11.3 Å². The highest BCUT2D eigenvalue weighted by Crippen LogP contribution is 2.38. The van der Waals surface area contributed by atoms with Crippen LogP contribution in [0.4, 0.5) is 0 Å². The maximum absolute atomic E-state index is 13.1. The molecule has 2 atom stereocenters. The quantitative estimate of drug-likeness (QED) is 0.439. The Bertz CT molecular complexity index is 1460. The molecule has 5 heterocycles. The van der Waals surface area contributed by atoms with Gasteiger partial charge >= 0.3 is 0 Å². The largest absolute Gasteiger partial charge is 0.483 e. The van der Waals surface area contributed by atoms with Crippen LogP contribution in [0.2, 0.25) is 0 Å². The van der Waals surface area contributed by atoms with Gasteiger partial charge in [0.05, 0.1) is 18.8 Å². The Morgan fingerprint density at radius 1 is 1.14 bits per heavy atom. The maximum atomic E-state index is 13.1. The molecule has 2 amide bonds. The van der Waals surface area contributed by atoms with E-state index in [0.29, 0.717) is 25.2 Å². The second-order valence-electron chi connectivity index (χ2n) is 11.2. The molecule has 4 bridgehead atoms. The van der Waals surface area contributed by atoms with Crippen LogP contribution >= 0.6 is 11.3 Å². The summed E-state index contributed by atoms with van der Waals surface area (Å²) in [6.07, 6.45) is 9.20. The smallest absolute Gasteiger partial charge is 0.290 e. The van der Waals surface area contributed by atoms with E-state index in [-0.39, 0.29) is 47.9 Å². The molecular formula is C29H37N7O5S. The molecule has 0 radical (unpaired) electrons. The standard InChI is InChI=1S/C28H35N7O3S.CH2O2/c1-32-12-10-29-26(36)13-20-14-33(17-22-8-9-25(39-22)19-5-2-3-6-19)18-24(20)35-16-21(30-31-35)15-34-11-4-7-23(27(32)37)28(34)38;2-1-3/h4,7-9,11,16,19-20,24H,2-3,5-6,10,12-15,17-18H2,1H3,(H,29,36);1H,(H,2,3)/t20-,24+;/m0./s1. The third kappa shape index (κ3) is 6.79. The molecule has 2 aliphatic heterocycles. The van der Waals surface area contributed by atoms with Crippen molar-refractivity contribution >= 4 is 29.6 Å². The zero-order valence-corrected chi connectivity index (χ0v) is 24.5. The molecule has 2 fully saturated rings. The van der Waals surface area contributed by atoms with Gasteiger partial charge in [-0.15, -0.1) is 16.4 Å². The van der Waals surface area contributed by atoms with Crippen molar-refractivity contribution in [3.05, 3.63) is 68.0 Å². The fraction of sp³-hybridized carbons (Fsp3) is 0.517. The molecule has 1 saturated heterocycles. The van der Waals surface area contributed by atoms with Crippen molar-refractivity contribution in [3.63, 3.8) is 0 Å². The highest BCUT2D eigenvalue weighted by atomic mass is 32.1. The van der Waals surface area contributed by atoms with Gasteiger partial charge < -0.3 is 19.9 Å². The van der Waals surface area contributed by atoms with E-state index in [4.69, 9.17) is 9.90 Å². The summed E-state index contributed by atoms with van der Waals surface area (Å²) >= 11 is 1.93. The van der Waals surface area contributed by atoms with E-state index >= 15 is 0 Å². The Morgan fingerprint density at radius 2 is 1.93 bits per heavy atom. The van der Waals surface area contributed by atoms with Crippen molar-refractivity contribution in [2.75, 3.05) is 33.2 Å². The average molecular weight is 596 g/mol. The summed E-state index contributed by atoms with van der Waals surface area (Å²) < 4.78 is 3.37. The fourth-order valence-corrected chi connectivity index (χ4v) is 7.45. The van der Waals surface area contributed by atoms with Gasteiger partial charge in [-0.2, -0.15) is 0 Å². The van der Waals surface area contributed by atoms with Crippen LogP contribution in [0.1, 0.15) is 69.9 Å². The molecule has 3 aromatic heterocycles. The van der Waals surface area contributed by atoms with Crippen molar-refractivity contribution in [3.8, 4) is 0 Å². The summed E-state index contributed by atoms with van der Waals surface area (Å²) in [5, 5.41) is 18.6. The topological polar surface area (TPSA) is 143 Å². The zero-order valence-electron chi connectivity index (χ0n) is 23.7. The average Bonchev–Trinajstić information content (AvgIpc) is 3.78. The van der Waals surface area contributed by atoms with E-state index in [1.807, 2.05) is 22.2 Å². The SMILES string of the molecule is CN1CCNC(=O)C[C@H]2CN(Cc3ccc(C4CCCC4)s3)C[C@H]2n2cc(nn2)Cn2cccc(c2=O)C1=O.O=CO. The number of likely N-dealkylation sites (N-methyl/N-ethyl adjacent to an activating group) is 1. The van der Waals surface area contributed by atoms with E-state index in [2.05, 4.69) is 32.7 Å². The predicted molar refractivity (Wildman–Crippen MR) is 156 cm³/mol. The maximum Gasteiger partial charge on any atom is 0.290 e. The molecule has 3 aliphatic rings. The monoisotopic (exact) mass is 595 g/mol. The van der Waals surface area contributed by atoms with Gasteiger partial charge in [0.15, 0.2) is 0 Å². The molecular weight excluding hydrogens is 558 g/mol. The summed E-state index contributed by atoms with van der Waals surface area (Å²) in [7, 11) is 1.65. The van der Waals surface area contributed by atoms with Gasteiger partial charge in [-0.1, -0.05) is 18.1 Å². The zero-order chi connectivity index (χ0) is 29.6. The molecule has 1 saturated carbocycles. The lowest BCUT2D eigenvalue weighted by Gasteiger charge is -2.20. The van der Waals surface area contributed by atoms with Crippen molar-refractivity contribution < 1.29 is 19.5 Å². The number of aromatic nitrogens is 4. The van der Waals surface area contributed by atoms with Crippen LogP contribution in [0.25, 0.3) is 0 Å². The molecule has 0 aromatic carbocycles. The van der Waals surface area contributed by atoms with Crippen LogP contribution in [0.5, 0.6) is 0 Å². The molecule has 3 aromatic rings. The van der Waals surface area contributed by atoms with E-state index in [0.717, 1.165) is 25.6 Å². The fourth-order valence-electron chi connectivity index (χ4n) is 6.23. The van der Waals surface area contributed by atoms with Crippen molar-refractivity contribution in [2.24, 2.45) is 5.92 Å². The molecule has 6 rings (SSSR count). The molecule has 42 heavy (non-hydrogen) atoms. The summed E-state index contributed by atoms with van der Waals surface area (Å²) in [4.78, 5) is 54.0. The Hall–Kier alpha value is -3.84. The third-order valence-electron chi connectivity index (χ3n) is 8.35. The number of fused-ring (bicyclic) bond motifs is 6. The molecule has 0 unspecified atom stereocenters. The lowest BCUT2D eigenvalue weighted by molar-refractivity contribution is -0.123. The first-order chi connectivity index (χ1) is 20.4. The van der Waals surface area contributed by atoms with Crippen molar-refractivity contribution in [1.82, 2.24) is 34.7 Å². The lowest BCUT2D eigenvalue weighted by Crippen LogP contribution is -2.39. The summed E-state index contributed by atoms with van der Waals surface area (Å²) in [5.74, 6) is 0.392. The number of amides is 2. The van der Waals surface area contributed by atoms with Crippen molar-refractivity contribution in [1.29, 1.82) is 0 Å². The van der Waals surface area contributed by atoms with Crippen molar-refractivity contribution in [2.45, 2.75) is 57.2 Å². The summed E-state index contributed by atoms with van der Waals surface area (Å²) in [6, 6.07) is 7.82. The number of carbonyl (C=O) groups excluding carboxylic acids is 2. The highest BCUT2D eigenvalue weighted by molar-refractivity contribution is 7.12. The Labute approximate surface area is 247 Å². The molecule has 2 N–H and O–H groups in total. The van der Waals surface area contributed by atoms with Gasteiger partial charge in [-0.25, -0.2) is 4.68 Å². The van der Waals surface area contributed by atoms with Crippen LogP contribution in [0.15, 0.2) is 41.5 Å². The number of hydrogen-bond donors (Lipinski definition) is 2. The van der Waals surface area contributed by atoms with Crippen LogP contribution in [0, 0.1) is 5.92 Å². The van der Waals surface area contributed by atoms with Gasteiger partial charge in [0, 0.05) is 68.1 Å². The number of likely N-dealkylation sites (tertiary alicyclic amines) is 1. The van der Waals surface area contributed by atoms with Crippen LogP contribution in [0.3, 0.4) is 0 Å². The Balaban J connectivity index is 0.00000113. The number of nitrogens with zero attached hydrogens (tertiary/aromatic N) is 6. The van der Waals surface area contributed by atoms with Gasteiger partial charge in [-0.3, -0.25) is 24.1 Å². The van der Waals surface area contributed by atoms with E-state index in [1.165, 1.54) is 51.0 Å². The minimum absolute atomic E-state index is 0.00600. The van der Waals surface area contributed by atoms with E-state index in [1.54, 1.807) is 19.3 Å². The molecule has 224 valence electrons. The summed E-state index contributed by atoms with van der Waals surface area (Å²) in [5.41, 5.74) is 0.378. The number of rotatable bonds is 3. The molecule has 1 aliphatic carbocycles. The molecule has 13 heteroatoms. The first kappa shape index (κ1) is 29.6. The normalized spacial score (nSPS) is 21.9. The lowest BCUT2D eigenvalue weighted by atomic mass is 9.99. The first-order valence-electron chi connectivity index (χ1n) is 14.4. The van der Waals surface area contributed by atoms with Crippen LogP contribution in [-0.4, -0.2) is 86.0 Å². The van der Waals surface area contributed by atoms with Gasteiger partial charge in [0.2, 0.25) is 5.91 Å². The minimum atomic E-state index is -0.365. The van der Waals surface area contributed by atoms with Crippen LogP contribution < -0.4 is 10.9 Å². The number of nitrogens with one attached hydrogen (secondary N) is 1.